The standard InChI is InChI=1S/C15H19NO2S/c1-4-11-8-14(19-3)12(9-13(11)18-2)15(16-10-17)6-5-7-15/h8-9H,4-7H2,1-3H3. The summed E-state index contributed by atoms with van der Waals surface area (Å²) in [7, 11) is 1.69. The van der Waals surface area contributed by atoms with Crippen LogP contribution in [0.4, 0.5) is 0 Å². The zero-order valence-corrected chi connectivity index (χ0v) is 12.5. The Morgan fingerprint density at radius 3 is 2.63 bits per heavy atom. The number of benzene rings is 1. The lowest BCUT2D eigenvalue weighted by atomic mass is 9.72. The Kier molecular flexibility index (Phi) is 4.33. The molecule has 0 radical (unpaired) electrons. The molecule has 0 aromatic heterocycles. The lowest BCUT2D eigenvalue weighted by Gasteiger charge is -2.38. The Balaban J connectivity index is 2.58. The average Bonchev–Trinajstić information content (AvgIpc) is 2.41. The van der Waals surface area contributed by atoms with Crippen LogP contribution in [0.1, 0.15) is 37.3 Å². The van der Waals surface area contributed by atoms with Crippen LogP contribution in [0.3, 0.4) is 0 Å². The molecule has 19 heavy (non-hydrogen) atoms. The van der Waals surface area contributed by atoms with E-state index in [0.29, 0.717) is 0 Å². The zero-order chi connectivity index (χ0) is 13.9. The Bertz CT molecular complexity index is 517. The van der Waals surface area contributed by atoms with Crippen LogP contribution in [0.5, 0.6) is 5.75 Å². The molecule has 0 heterocycles. The first-order chi connectivity index (χ1) is 9.20. The molecule has 0 bridgehead atoms. The summed E-state index contributed by atoms with van der Waals surface area (Å²) in [4.78, 5) is 16.0. The average molecular weight is 277 g/mol. The lowest BCUT2D eigenvalue weighted by Crippen LogP contribution is -2.32. The molecule has 1 fully saturated rings. The molecule has 0 aliphatic heterocycles. The van der Waals surface area contributed by atoms with Gasteiger partial charge in [0, 0.05) is 4.90 Å². The fourth-order valence-corrected chi connectivity index (χ4v) is 3.37. The van der Waals surface area contributed by atoms with E-state index in [-0.39, 0.29) is 5.54 Å². The lowest BCUT2D eigenvalue weighted by molar-refractivity contribution is 0.250. The molecule has 0 spiro atoms. The monoisotopic (exact) mass is 277 g/mol. The van der Waals surface area contributed by atoms with Crippen molar-refractivity contribution in [2.24, 2.45) is 4.99 Å². The molecule has 4 heteroatoms. The number of aryl methyl sites for hydroxylation is 1. The third-order valence-corrected chi connectivity index (χ3v) is 4.70. The van der Waals surface area contributed by atoms with Gasteiger partial charge in [0.1, 0.15) is 5.75 Å². The Labute approximate surface area is 118 Å². The fourth-order valence-electron chi connectivity index (χ4n) is 2.64. The van der Waals surface area contributed by atoms with Gasteiger partial charge in [-0.05, 0) is 55.2 Å². The largest absolute Gasteiger partial charge is 0.496 e. The summed E-state index contributed by atoms with van der Waals surface area (Å²) in [6.45, 7) is 2.12. The zero-order valence-electron chi connectivity index (χ0n) is 11.7. The predicted octanol–water partition coefficient (Wildman–Crippen LogP) is 3.69. The summed E-state index contributed by atoms with van der Waals surface area (Å²) in [5, 5.41) is 0. The molecule has 0 amide bonds. The maximum absolute atomic E-state index is 10.7. The van der Waals surface area contributed by atoms with Crippen LogP contribution in [0.15, 0.2) is 22.0 Å². The summed E-state index contributed by atoms with van der Waals surface area (Å²) >= 11 is 1.70. The molecule has 1 aromatic carbocycles. The molecular formula is C15H19NO2S. The second kappa shape index (κ2) is 5.81. The molecule has 0 atom stereocenters. The third kappa shape index (κ3) is 2.43. The normalized spacial score (nSPS) is 16.4. The van der Waals surface area contributed by atoms with E-state index < -0.39 is 0 Å². The number of rotatable bonds is 5. The fraction of sp³-hybridized carbons (Fsp3) is 0.533. The molecule has 1 aromatic rings. The number of nitrogens with zero attached hydrogens (tertiary/aromatic N) is 1. The Hall–Kier alpha value is -1.25. The van der Waals surface area contributed by atoms with Gasteiger partial charge in [-0.1, -0.05) is 6.92 Å². The minimum absolute atomic E-state index is 0.361. The third-order valence-electron chi connectivity index (χ3n) is 3.93. The van der Waals surface area contributed by atoms with Crippen molar-refractivity contribution in [3.8, 4) is 5.75 Å². The van der Waals surface area contributed by atoms with Crippen molar-refractivity contribution in [2.75, 3.05) is 13.4 Å². The number of methoxy groups -OCH3 is 1. The van der Waals surface area contributed by atoms with Gasteiger partial charge in [0.05, 0.1) is 12.6 Å². The van der Waals surface area contributed by atoms with Crippen molar-refractivity contribution in [1.82, 2.24) is 0 Å². The van der Waals surface area contributed by atoms with E-state index in [2.05, 4.69) is 30.3 Å². The van der Waals surface area contributed by atoms with Crippen molar-refractivity contribution in [1.29, 1.82) is 0 Å². The van der Waals surface area contributed by atoms with E-state index in [9.17, 15) is 4.79 Å². The highest BCUT2D eigenvalue weighted by Gasteiger charge is 2.41. The number of hydrogen-bond acceptors (Lipinski definition) is 4. The molecule has 0 N–H and O–H groups in total. The number of thioether (sulfide) groups is 1. The summed E-state index contributed by atoms with van der Waals surface area (Å²) in [5.41, 5.74) is 1.95. The quantitative estimate of drug-likeness (QED) is 0.468. The number of carbonyl (C=O) groups excluding carboxylic acids is 1. The first-order valence-electron chi connectivity index (χ1n) is 6.55. The van der Waals surface area contributed by atoms with Gasteiger partial charge in [0.25, 0.3) is 0 Å². The van der Waals surface area contributed by atoms with Crippen LogP contribution in [0, 0.1) is 0 Å². The first kappa shape index (κ1) is 14.2. The van der Waals surface area contributed by atoms with Gasteiger partial charge < -0.3 is 4.74 Å². The summed E-state index contributed by atoms with van der Waals surface area (Å²) in [5.74, 6) is 0.891. The molecule has 0 unspecified atom stereocenters. The Morgan fingerprint density at radius 1 is 1.47 bits per heavy atom. The van der Waals surface area contributed by atoms with Gasteiger partial charge in [0.2, 0.25) is 6.08 Å². The second-order valence-corrected chi connectivity index (χ2v) is 5.65. The molecule has 0 saturated heterocycles. The van der Waals surface area contributed by atoms with E-state index in [1.54, 1.807) is 25.0 Å². The number of isocyanates is 1. The van der Waals surface area contributed by atoms with Crippen molar-refractivity contribution in [3.63, 3.8) is 0 Å². The SMILES string of the molecule is CCc1cc(SC)c(C2(N=C=O)CCC2)cc1OC. The van der Waals surface area contributed by atoms with Crippen LogP contribution in [0.2, 0.25) is 0 Å². The minimum Gasteiger partial charge on any atom is -0.496 e. The van der Waals surface area contributed by atoms with E-state index in [1.807, 2.05) is 0 Å². The van der Waals surface area contributed by atoms with Gasteiger partial charge in [-0.3, -0.25) is 0 Å². The van der Waals surface area contributed by atoms with Gasteiger partial charge in [-0.15, -0.1) is 11.8 Å². The highest BCUT2D eigenvalue weighted by atomic mass is 32.2. The summed E-state index contributed by atoms with van der Waals surface area (Å²) < 4.78 is 5.47. The van der Waals surface area contributed by atoms with Crippen molar-refractivity contribution >= 4 is 17.8 Å². The van der Waals surface area contributed by atoms with E-state index in [1.165, 1.54) is 10.5 Å². The molecule has 1 aliphatic carbocycles. The van der Waals surface area contributed by atoms with Gasteiger partial charge in [-0.25, -0.2) is 4.79 Å². The minimum atomic E-state index is -0.361. The van der Waals surface area contributed by atoms with E-state index in [4.69, 9.17) is 4.74 Å². The van der Waals surface area contributed by atoms with E-state index in [0.717, 1.165) is 37.0 Å². The topological polar surface area (TPSA) is 38.7 Å². The van der Waals surface area contributed by atoms with Crippen LogP contribution < -0.4 is 4.74 Å². The highest BCUT2D eigenvalue weighted by Crippen LogP contribution is 2.49. The molecule has 1 saturated carbocycles. The molecule has 3 nitrogen and oxygen atoms in total. The van der Waals surface area contributed by atoms with Crippen molar-refractivity contribution in [3.05, 3.63) is 23.3 Å². The maximum atomic E-state index is 10.7. The number of hydrogen-bond donors (Lipinski definition) is 0. The van der Waals surface area contributed by atoms with Crippen molar-refractivity contribution in [2.45, 2.75) is 43.0 Å². The smallest absolute Gasteiger partial charge is 0.235 e. The van der Waals surface area contributed by atoms with Gasteiger partial charge in [-0.2, -0.15) is 4.99 Å². The van der Waals surface area contributed by atoms with Crippen LogP contribution >= 0.6 is 11.8 Å². The second-order valence-electron chi connectivity index (χ2n) is 4.81. The molecule has 2 rings (SSSR count). The van der Waals surface area contributed by atoms with E-state index >= 15 is 0 Å². The molecule has 1 aliphatic rings. The molecule has 102 valence electrons. The van der Waals surface area contributed by atoms with Gasteiger partial charge in [0.15, 0.2) is 0 Å². The first-order valence-corrected chi connectivity index (χ1v) is 7.77. The van der Waals surface area contributed by atoms with Crippen LogP contribution in [-0.2, 0) is 16.8 Å². The van der Waals surface area contributed by atoms with Crippen LogP contribution in [0.25, 0.3) is 0 Å². The number of ether oxygens (including phenoxy) is 1. The molecular weight excluding hydrogens is 258 g/mol. The predicted molar refractivity (Wildman–Crippen MR) is 77.8 cm³/mol. The highest BCUT2D eigenvalue weighted by molar-refractivity contribution is 7.98. The van der Waals surface area contributed by atoms with Crippen molar-refractivity contribution < 1.29 is 9.53 Å². The summed E-state index contributed by atoms with van der Waals surface area (Å²) in [6, 6.07) is 4.23. The Morgan fingerprint density at radius 2 is 2.21 bits per heavy atom. The maximum Gasteiger partial charge on any atom is 0.235 e. The van der Waals surface area contributed by atoms with Gasteiger partial charge >= 0.3 is 0 Å². The summed E-state index contributed by atoms with van der Waals surface area (Å²) in [6.07, 6.45) is 7.69. The number of aliphatic imine (C=N–C) groups is 1. The van der Waals surface area contributed by atoms with Crippen LogP contribution in [-0.4, -0.2) is 19.4 Å².